The molecule has 2 unspecified atom stereocenters. The number of aliphatic hydroxyl groups is 1. The van der Waals surface area contributed by atoms with Crippen LogP contribution in [0.3, 0.4) is 0 Å². The molecule has 0 aliphatic rings. The number of carbonyl (C=O) groups is 1. The summed E-state index contributed by atoms with van der Waals surface area (Å²) in [6.07, 6.45) is -1.33. The van der Waals surface area contributed by atoms with E-state index in [-0.39, 0.29) is 5.57 Å². The van der Waals surface area contributed by atoms with Crippen molar-refractivity contribution in [3.8, 4) is 0 Å². The van der Waals surface area contributed by atoms with Gasteiger partial charge in [0.2, 0.25) is 5.91 Å². The van der Waals surface area contributed by atoms with Crippen LogP contribution in [-0.2, 0) is 9.36 Å². The molecule has 0 saturated carbocycles. The van der Waals surface area contributed by atoms with E-state index < -0.39 is 25.4 Å². The summed E-state index contributed by atoms with van der Waals surface area (Å²) >= 11 is 0. The van der Waals surface area contributed by atoms with Gasteiger partial charge >= 0.3 is 7.60 Å². The summed E-state index contributed by atoms with van der Waals surface area (Å²) in [5, 5.41) is 11.0. The van der Waals surface area contributed by atoms with E-state index in [0.29, 0.717) is 0 Å². The fourth-order valence-electron chi connectivity index (χ4n) is 0.743. The maximum Gasteiger partial charge on any atom is 0.350 e. The standard InChI is InChI=1S/C7H14NO5P/c1-4(2)6(10)8-7(5(3)9)14(11,12)13/h5,7,9H,1H2,2-3H3,(H,8,10)(H2,11,12,13). The van der Waals surface area contributed by atoms with Crippen LogP contribution in [0.1, 0.15) is 13.8 Å². The first kappa shape index (κ1) is 13.3. The molecule has 0 aromatic heterocycles. The molecule has 14 heavy (non-hydrogen) atoms. The summed E-state index contributed by atoms with van der Waals surface area (Å²) < 4.78 is 10.8. The molecule has 0 aliphatic heterocycles. The van der Waals surface area contributed by atoms with Crippen molar-refractivity contribution in [2.45, 2.75) is 25.7 Å². The van der Waals surface area contributed by atoms with Crippen molar-refractivity contribution in [3.63, 3.8) is 0 Å². The molecule has 0 aliphatic carbocycles. The lowest BCUT2D eigenvalue weighted by Gasteiger charge is -2.22. The van der Waals surface area contributed by atoms with E-state index >= 15 is 0 Å². The van der Waals surface area contributed by atoms with Crippen molar-refractivity contribution in [1.82, 2.24) is 5.32 Å². The molecule has 7 heteroatoms. The minimum atomic E-state index is -4.55. The van der Waals surface area contributed by atoms with E-state index in [2.05, 4.69) is 6.58 Å². The number of aliphatic hydroxyl groups excluding tert-OH is 1. The molecule has 0 aromatic rings. The molecular formula is C7H14NO5P. The Kier molecular flexibility index (Phi) is 4.48. The SMILES string of the molecule is C=C(C)C(=O)NC(C(C)O)P(=O)(O)O. The number of hydrogen-bond acceptors (Lipinski definition) is 3. The summed E-state index contributed by atoms with van der Waals surface area (Å²) in [7, 11) is -4.55. The van der Waals surface area contributed by atoms with Crippen LogP contribution in [-0.4, -0.2) is 32.7 Å². The van der Waals surface area contributed by atoms with Crippen LogP contribution in [0.5, 0.6) is 0 Å². The number of nitrogens with one attached hydrogen (secondary N) is 1. The Morgan fingerprint density at radius 2 is 1.93 bits per heavy atom. The van der Waals surface area contributed by atoms with Gasteiger partial charge in [0, 0.05) is 5.57 Å². The van der Waals surface area contributed by atoms with Crippen LogP contribution in [0.4, 0.5) is 0 Å². The van der Waals surface area contributed by atoms with Crippen LogP contribution in [0.25, 0.3) is 0 Å². The average Bonchev–Trinajstić information content (AvgIpc) is 1.96. The lowest BCUT2D eigenvalue weighted by atomic mass is 10.3. The van der Waals surface area contributed by atoms with Crippen LogP contribution in [0.2, 0.25) is 0 Å². The molecule has 0 fully saturated rings. The van der Waals surface area contributed by atoms with Gasteiger partial charge < -0.3 is 20.2 Å². The van der Waals surface area contributed by atoms with Crippen LogP contribution in [0, 0.1) is 0 Å². The number of hydrogen-bond donors (Lipinski definition) is 4. The van der Waals surface area contributed by atoms with Crippen molar-refractivity contribution in [3.05, 3.63) is 12.2 Å². The van der Waals surface area contributed by atoms with E-state index in [9.17, 15) is 9.36 Å². The molecule has 1 amide bonds. The average molecular weight is 223 g/mol. The topological polar surface area (TPSA) is 107 Å². The van der Waals surface area contributed by atoms with Crippen LogP contribution in [0.15, 0.2) is 12.2 Å². The predicted octanol–water partition coefficient (Wildman–Crippen LogP) is -0.437. The Morgan fingerprint density at radius 3 is 2.14 bits per heavy atom. The fraction of sp³-hybridized carbons (Fsp3) is 0.571. The van der Waals surface area contributed by atoms with Gasteiger partial charge in [0.05, 0.1) is 6.10 Å². The Balaban J connectivity index is 4.65. The second-order valence-corrected chi connectivity index (χ2v) is 4.76. The summed E-state index contributed by atoms with van der Waals surface area (Å²) in [4.78, 5) is 28.6. The third-order valence-corrected chi connectivity index (χ3v) is 2.77. The third-order valence-electron chi connectivity index (χ3n) is 1.49. The van der Waals surface area contributed by atoms with Crippen LogP contribution >= 0.6 is 7.60 Å². The quantitative estimate of drug-likeness (QED) is 0.382. The third kappa shape index (κ3) is 4.02. The lowest BCUT2D eigenvalue weighted by molar-refractivity contribution is -0.118. The van der Waals surface area contributed by atoms with Gasteiger partial charge in [-0.3, -0.25) is 9.36 Å². The Bertz CT molecular complexity index is 282. The van der Waals surface area contributed by atoms with Gasteiger partial charge in [-0.05, 0) is 13.8 Å². The van der Waals surface area contributed by atoms with Gasteiger partial charge in [-0.1, -0.05) is 6.58 Å². The summed E-state index contributed by atoms with van der Waals surface area (Å²) in [5.41, 5.74) is 0.115. The van der Waals surface area contributed by atoms with Gasteiger partial charge in [0.1, 0.15) is 0 Å². The van der Waals surface area contributed by atoms with Gasteiger partial charge in [-0.25, -0.2) is 0 Å². The minimum Gasteiger partial charge on any atom is -0.391 e. The molecule has 0 heterocycles. The predicted molar refractivity (Wildman–Crippen MR) is 50.5 cm³/mol. The summed E-state index contributed by atoms with van der Waals surface area (Å²) in [6, 6.07) is 0. The maximum absolute atomic E-state index is 11.0. The van der Waals surface area contributed by atoms with Gasteiger partial charge in [0.25, 0.3) is 0 Å². The normalized spacial score (nSPS) is 15.8. The largest absolute Gasteiger partial charge is 0.391 e. The first-order valence-electron chi connectivity index (χ1n) is 3.86. The van der Waals surface area contributed by atoms with E-state index in [1.54, 1.807) is 0 Å². The Morgan fingerprint density at radius 1 is 1.50 bits per heavy atom. The molecule has 0 radical (unpaired) electrons. The Labute approximate surface area is 81.8 Å². The molecule has 0 spiro atoms. The number of carbonyl (C=O) groups excluding carboxylic acids is 1. The lowest BCUT2D eigenvalue weighted by Crippen LogP contribution is -2.42. The summed E-state index contributed by atoms with van der Waals surface area (Å²) in [5.74, 6) is -2.29. The molecule has 0 aromatic carbocycles. The maximum atomic E-state index is 11.0. The Hall–Kier alpha value is -0.680. The van der Waals surface area contributed by atoms with Crippen molar-refractivity contribution in [2.75, 3.05) is 0 Å². The second-order valence-electron chi connectivity index (χ2n) is 3.03. The smallest absolute Gasteiger partial charge is 0.350 e. The monoisotopic (exact) mass is 223 g/mol. The van der Waals surface area contributed by atoms with E-state index in [1.807, 2.05) is 5.32 Å². The van der Waals surface area contributed by atoms with Crippen molar-refractivity contribution < 1.29 is 24.3 Å². The van der Waals surface area contributed by atoms with Crippen molar-refractivity contribution >= 4 is 13.5 Å². The van der Waals surface area contributed by atoms with Gasteiger partial charge in [-0.2, -0.15) is 0 Å². The van der Waals surface area contributed by atoms with Crippen LogP contribution < -0.4 is 5.32 Å². The van der Waals surface area contributed by atoms with Crippen molar-refractivity contribution in [1.29, 1.82) is 0 Å². The number of amides is 1. The molecule has 0 rings (SSSR count). The highest BCUT2D eigenvalue weighted by atomic mass is 31.2. The molecule has 2 atom stereocenters. The highest BCUT2D eigenvalue weighted by Gasteiger charge is 2.34. The highest BCUT2D eigenvalue weighted by Crippen LogP contribution is 2.41. The zero-order chi connectivity index (χ0) is 11.5. The molecular weight excluding hydrogens is 209 g/mol. The first-order chi connectivity index (χ1) is 6.16. The van der Waals surface area contributed by atoms with Crippen molar-refractivity contribution in [2.24, 2.45) is 0 Å². The van der Waals surface area contributed by atoms with E-state index in [0.717, 1.165) is 0 Å². The first-order valence-corrected chi connectivity index (χ1v) is 5.54. The molecule has 6 nitrogen and oxygen atoms in total. The molecule has 4 N–H and O–H groups in total. The van der Waals surface area contributed by atoms with Gasteiger partial charge in [-0.15, -0.1) is 0 Å². The number of rotatable bonds is 4. The zero-order valence-electron chi connectivity index (χ0n) is 7.97. The molecule has 0 bridgehead atoms. The van der Waals surface area contributed by atoms with E-state index in [1.165, 1.54) is 13.8 Å². The molecule has 0 saturated heterocycles. The van der Waals surface area contributed by atoms with E-state index in [4.69, 9.17) is 14.9 Å². The van der Waals surface area contributed by atoms with Gasteiger partial charge in [0.15, 0.2) is 5.78 Å². The zero-order valence-corrected chi connectivity index (χ0v) is 8.86. The fourth-order valence-corrected chi connectivity index (χ4v) is 1.59. The summed E-state index contributed by atoms with van der Waals surface area (Å²) in [6.45, 7) is 5.88. The highest BCUT2D eigenvalue weighted by molar-refractivity contribution is 7.52. The molecule has 82 valence electrons. The second kappa shape index (κ2) is 4.70. The minimum absolute atomic E-state index is 0.115.